The smallest absolute Gasteiger partial charge is 0.180 e. The Morgan fingerprint density at radius 3 is 2.86 bits per heavy atom. The van der Waals surface area contributed by atoms with Crippen molar-refractivity contribution >= 4 is 22.9 Å². The van der Waals surface area contributed by atoms with E-state index in [1.807, 2.05) is 11.4 Å². The van der Waals surface area contributed by atoms with E-state index in [-0.39, 0.29) is 0 Å². The number of benzene rings is 1. The molecule has 0 unspecified atom stereocenters. The molecule has 6 heteroatoms. The van der Waals surface area contributed by atoms with E-state index in [0.717, 1.165) is 29.1 Å². The van der Waals surface area contributed by atoms with Gasteiger partial charge in [0.25, 0.3) is 0 Å². The molecule has 4 nitrogen and oxygen atoms in total. The molecule has 0 aliphatic heterocycles. The van der Waals surface area contributed by atoms with Gasteiger partial charge in [0.05, 0.1) is 22.8 Å². The highest BCUT2D eigenvalue weighted by molar-refractivity contribution is 7.09. The van der Waals surface area contributed by atoms with E-state index in [0.29, 0.717) is 29.7 Å². The van der Waals surface area contributed by atoms with Crippen LogP contribution in [0.3, 0.4) is 0 Å². The molecule has 2 N–H and O–H groups in total. The molecular formula is C15H19ClN2O2S. The van der Waals surface area contributed by atoms with Crippen LogP contribution in [0.5, 0.6) is 11.5 Å². The van der Waals surface area contributed by atoms with Gasteiger partial charge in [0, 0.05) is 11.9 Å². The molecule has 0 saturated heterocycles. The van der Waals surface area contributed by atoms with E-state index in [2.05, 4.69) is 11.9 Å². The van der Waals surface area contributed by atoms with Gasteiger partial charge in [-0.1, -0.05) is 18.5 Å². The van der Waals surface area contributed by atoms with Gasteiger partial charge in [-0.15, -0.1) is 11.3 Å². The summed E-state index contributed by atoms with van der Waals surface area (Å²) in [6.07, 6.45) is 2.09. The molecular weight excluding hydrogens is 308 g/mol. The Kier molecular flexibility index (Phi) is 5.85. The normalized spacial score (nSPS) is 10.7. The fraction of sp³-hybridized carbons (Fsp3) is 0.400. The highest BCUT2D eigenvalue weighted by Crippen LogP contribution is 2.36. The first-order valence-corrected chi connectivity index (χ1v) is 8.06. The number of nitrogens with zero attached hydrogens (tertiary/aromatic N) is 1. The number of aryl methyl sites for hydroxylation is 1. The molecule has 1 aromatic carbocycles. The Morgan fingerprint density at radius 2 is 2.19 bits per heavy atom. The summed E-state index contributed by atoms with van der Waals surface area (Å²) in [4.78, 5) is 4.52. The first kappa shape index (κ1) is 16.1. The van der Waals surface area contributed by atoms with Crippen LogP contribution in [0.1, 0.15) is 29.6 Å². The van der Waals surface area contributed by atoms with Crippen LogP contribution < -0.4 is 15.2 Å². The van der Waals surface area contributed by atoms with Gasteiger partial charge in [-0.25, -0.2) is 4.98 Å². The first-order valence-electron chi connectivity index (χ1n) is 6.80. The minimum atomic E-state index is 0.373. The van der Waals surface area contributed by atoms with Crippen LogP contribution in [0, 0.1) is 0 Å². The van der Waals surface area contributed by atoms with Gasteiger partial charge < -0.3 is 15.2 Å². The number of rotatable bonds is 7. The fourth-order valence-electron chi connectivity index (χ4n) is 1.92. The largest absolute Gasteiger partial charge is 0.493 e. The van der Waals surface area contributed by atoms with Crippen LogP contribution in [0.25, 0.3) is 0 Å². The molecule has 0 aliphatic carbocycles. The minimum absolute atomic E-state index is 0.373. The molecule has 0 fully saturated rings. The Balaban J connectivity index is 2.11. The lowest BCUT2D eigenvalue weighted by Gasteiger charge is -2.13. The number of nitrogens with two attached hydrogens (primary N) is 1. The van der Waals surface area contributed by atoms with Crippen molar-refractivity contribution in [2.75, 3.05) is 7.11 Å². The van der Waals surface area contributed by atoms with Crippen molar-refractivity contribution in [1.82, 2.24) is 4.98 Å². The number of aromatic nitrogens is 1. The van der Waals surface area contributed by atoms with Crippen LogP contribution in [0.4, 0.5) is 0 Å². The van der Waals surface area contributed by atoms with Crippen molar-refractivity contribution < 1.29 is 9.47 Å². The van der Waals surface area contributed by atoms with Crippen molar-refractivity contribution in [3.63, 3.8) is 0 Å². The summed E-state index contributed by atoms with van der Waals surface area (Å²) in [5, 5.41) is 3.64. The molecule has 2 rings (SSSR count). The minimum Gasteiger partial charge on any atom is -0.493 e. The number of halogens is 1. The summed E-state index contributed by atoms with van der Waals surface area (Å²) in [5.41, 5.74) is 7.44. The summed E-state index contributed by atoms with van der Waals surface area (Å²) >= 11 is 7.89. The van der Waals surface area contributed by atoms with Gasteiger partial charge in [0.15, 0.2) is 11.5 Å². The third-order valence-electron chi connectivity index (χ3n) is 2.95. The molecule has 1 aromatic heterocycles. The molecule has 0 atom stereocenters. The lowest BCUT2D eigenvalue weighted by molar-refractivity contribution is 0.281. The highest BCUT2D eigenvalue weighted by Gasteiger charge is 2.12. The summed E-state index contributed by atoms with van der Waals surface area (Å²) in [7, 11) is 1.58. The average Bonchev–Trinajstić information content (AvgIpc) is 2.93. The molecule has 114 valence electrons. The summed E-state index contributed by atoms with van der Waals surface area (Å²) in [6, 6.07) is 3.63. The van der Waals surface area contributed by atoms with E-state index >= 15 is 0 Å². The van der Waals surface area contributed by atoms with Crippen molar-refractivity contribution in [2.45, 2.75) is 32.9 Å². The van der Waals surface area contributed by atoms with E-state index in [4.69, 9.17) is 26.8 Å². The molecule has 0 saturated carbocycles. The van der Waals surface area contributed by atoms with Gasteiger partial charge in [-0.2, -0.15) is 0 Å². The van der Waals surface area contributed by atoms with Gasteiger partial charge >= 0.3 is 0 Å². The molecule has 0 spiro atoms. The second-order valence-corrected chi connectivity index (χ2v) is 5.93. The predicted octanol–water partition coefficient (Wildman–Crippen LogP) is 3.80. The zero-order valence-corrected chi connectivity index (χ0v) is 13.8. The summed E-state index contributed by atoms with van der Waals surface area (Å²) in [6.45, 7) is 2.92. The van der Waals surface area contributed by atoms with E-state index in [9.17, 15) is 0 Å². The Labute approximate surface area is 133 Å². The highest BCUT2D eigenvalue weighted by atomic mass is 35.5. The second-order valence-electron chi connectivity index (χ2n) is 4.58. The molecule has 1 heterocycles. The quantitative estimate of drug-likeness (QED) is 0.841. The molecule has 0 aliphatic rings. The second kappa shape index (κ2) is 7.64. The van der Waals surface area contributed by atoms with Crippen LogP contribution >= 0.6 is 22.9 Å². The monoisotopic (exact) mass is 326 g/mol. The molecule has 21 heavy (non-hydrogen) atoms. The number of thiazole rings is 1. The SMILES string of the molecule is CCCc1nc(COc2c(Cl)cc(CN)cc2OC)cs1. The molecule has 2 aromatic rings. The van der Waals surface area contributed by atoms with Crippen LogP contribution in [-0.2, 0) is 19.6 Å². The zero-order chi connectivity index (χ0) is 15.2. The maximum Gasteiger partial charge on any atom is 0.180 e. The molecule has 0 bridgehead atoms. The van der Waals surface area contributed by atoms with Gasteiger partial charge in [-0.05, 0) is 30.5 Å². The summed E-state index contributed by atoms with van der Waals surface area (Å²) < 4.78 is 11.1. The Bertz CT molecular complexity index is 601. The van der Waals surface area contributed by atoms with Gasteiger partial charge in [0.1, 0.15) is 6.61 Å². The third kappa shape index (κ3) is 4.09. The van der Waals surface area contributed by atoms with Crippen LogP contribution in [0.15, 0.2) is 17.5 Å². The Hall–Kier alpha value is -1.30. The summed E-state index contributed by atoms with van der Waals surface area (Å²) in [5.74, 6) is 1.12. The predicted molar refractivity (Wildman–Crippen MR) is 86.3 cm³/mol. The molecule has 0 radical (unpaired) electrons. The number of hydrogen-bond donors (Lipinski definition) is 1. The number of methoxy groups -OCH3 is 1. The van der Waals surface area contributed by atoms with Crippen molar-refractivity contribution in [2.24, 2.45) is 5.73 Å². The maximum atomic E-state index is 6.23. The number of hydrogen-bond acceptors (Lipinski definition) is 5. The van der Waals surface area contributed by atoms with Crippen LogP contribution in [-0.4, -0.2) is 12.1 Å². The standard InChI is InChI=1S/C15H19ClN2O2S/c1-3-4-14-18-11(9-21-14)8-20-15-12(16)5-10(7-17)6-13(15)19-2/h5-6,9H,3-4,7-8,17H2,1-2H3. The van der Waals surface area contributed by atoms with Crippen molar-refractivity contribution in [3.8, 4) is 11.5 Å². The zero-order valence-electron chi connectivity index (χ0n) is 12.2. The van der Waals surface area contributed by atoms with Gasteiger partial charge in [-0.3, -0.25) is 0 Å². The Morgan fingerprint density at radius 1 is 1.38 bits per heavy atom. The van der Waals surface area contributed by atoms with E-state index in [1.54, 1.807) is 24.5 Å². The third-order valence-corrected chi connectivity index (χ3v) is 4.19. The average molecular weight is 327 g/mol. The van der Waals surface area contributed by atoms with Crippen molar-refractivity contribution in [1.29, 1.82) is 0 Å². The maximum absolute atomic E-state index is 6.23. The lowest BCUT2D eigenvalue weighted by atomic mass is 10.2. The van der Waals surface area contributed by atoms with Crippen molar-refractivity contribution in [3.05, 3.63) is 38.8 Å². The van der Waals surface area contributed by atoms with Crippen LogP contribution in [0.2, 0.25) is 5.02 Å². The van der Waals surface area contributed by atoms with E-state index < -0.39 is 0 Å². The lowest BCUT2D eigenvalue weighted by Crippen LogP contribution is -2.02. The molecule has 0 amide bonds. The first-order chi connectivity index (χ1) is 10.2. The fourth-order valence-corrected chi connectivity index (χ4v) is 3.09. The van der Waals surface area contributed by atoms with E-state index in [1.165, 1.54) is 0 Å². The van der Waals surface area contributed by atoms with Gasteiger partial charge in [0.2, 0.25) is 0 Å². The topological polar surface area (TPSA) is 57.4 Å². The number of ether oxygens (including phenoxy) is 2.